The summed E-state index contributed by atoms with van der Waals surface area (Å²) in [5.74, 6) is 2.48. The average molecular weight is 236 g/mol. The SMILES string of the molecule is C#Cc1cc(N=CN(C)CC)c(C)nc1Cl. The maximum atomic E-state index is 5.88. The number of terminal acetylenes is 1. The fourth-order valence-electron chi connectivity index (χ4n) is 1.04. The van der Waals surface area contributed by atoms with Crippen LogP contribution in [0.1, 0.15) is 18.2 Å². The Kier molecular flexibility index (Phi) is 4.33. The number of hydrogen-bond acceptors (Lipinski definition) is 2. The third-order valence-corrected chi connectivity index (χ3v) is 2.48. The van der Waals surface area contributed by atoms with Gasteiger partial charge in [0.25, 0.3) is 0 Å². The van der Waals surface area contributed by atoms with Gasteiger partial charge in [0.15, 0.2) is 0 Å². The number of halogens is 1. The van der Waals surface area contributed by atoms with E-state index in [2.05, 4.69) is 15.9 Å². The third kappa shape index (κ3) is 2.98. The minimum atomic E-state index is 0.350. The Morgan fingerprint density at radius 2 is 2.38 bits per heavy atom. The minimum Gasteiger partial charge on any atom is -0.366 e. The van der Waals surface area contributed by atoms with Gasteiger partial charge in [-0.25, -0.2) is 9.98 Å². The van der Waals surface area contributed by atoms with Gasteiger partial charge in [-0.2, -0.15) is 0 Å². The molecular formula is C12H14ClN3. The van der Waals surface area contributed by atoms with Gasteiger partial charge in [-0.05, 0) is 19.9 Å². The Balaban J connectivity index is 3.06. The van der Waals surface area contributed by atoms with Crippen LogP contribution >= 0.6 is 11.6 Å². The lowest BCUT2D eigenvalue weighted by Crippen LogP contribution is -2.14. The highest BCUT2D eigenvalue weighted by atomic mass is 35.5. The number of rotatable bonds is 3. The minimum absolute atomic E-state index is 0.350. The topological polar surface area (TPSA) is 28.5 Å². The van der Waals surface area contributed by atoms with Gasteiger partial charge in [0.2, 0.25) is 0 Å². The molecule has 0 bridgehead atoms. The Morgan fingerprint density at radius 3 is 2.94 bits per heavy atom. The van der Waals surface area contributed by atoms with Gasteiger partial charge < -0.3 is 4.90 Å². The standard InChI is InChI=1S/C12H14ClN3/c1-5-10-7-11(9(3)15-12(10)13)14-8-16(4)6-2/h1,7-8H,6H2,2-4H3. The lowest BCUT2D eigenvalue weighted by Gasteiger charge is -2.09. The van der Waals surface area contributed by atoms with Gasteiger partial charge in [-0.15, -0.1) is 6.42 Å². The molecule has 0 saturated heterocycles. The summed E-state index contributed by atoms with van der Waals surface area (Å²) in [5, 5.41) is 0.350. The van der Waals surface area contributed by atoms with Crippen LogP contribution in [0.5, 0.6) is 0 Å². The van der Waals surface area contributed by atoms with Crippen molar-refractivity contribution in [3.8, 4) is 12.3 Å². The van der Waals surface area contributed by atoms with E-state index < -0.39 is 0 Å². The molecule has 0 aliphatic rings. The van der Waals surface area contributed by atoms with E-state index in [1.165, 1.54) is 0 Å². The van der Waals surface area contributed by atoms with Crippen LogP contribution in [0.3, 0.4) is 0 Å². The highest BCUT2D eigenvalue weighted by Gasteiger charge is 2.04. The van der Waals surface area contributed by atoms with Crippen molar-refractivity contribution in [2.24, 2.45) is 4.99 Å². The monoisotopic (exact) mass is 235 g/mol. The molecule has 0 radical (unpaired) electrons. The van der Waals surface area contributed by atoms with Crippen LogP contribution in [0.25, 0.3) is 0 Å². The summed E-state index contributed by atoms with van der Waals surface area (Å²) in [6, 6.07) is 1.77. The molecular weight excluding hydrogens is 222 g/mol. The predicted octanol–water partition coefficient (Wildman–Crippen LogP) is 2.64. The zero-order valence-corrected chi connectivity index (χ0v) is 10.4. The van der Waals surface area contributed by atoms with E-state index in [9.17, 15) is 0 Å². The second-order valence-electron chi connectivity index (χ2n) is 3.39. The molecule has 1 aromatic rings. The van der Waals surface area contributed by atoms with Crippen molar-refractivity contribution in [2.45, 2.75) is 13.8 Å². The Bertz CT molecular complexity index is 446. The van der Waals surface area contributed by atoms with Gasteiger partial charge >= 0.3 is 0 Å². The first-order valence-electron chi connectivity index (χ1n) is 4.96. The van der Waals surface area contributed by atoms with Crippen molar-refractivity contribution in [3.05, 3.63) is 22.5 Å². The summed E-state index contributed by atoms with van der Waals surface area (Å²) < 4.78 is 0. The fraction of sp³-hybridized carbons (Fsp3) is 0.333. The number of hydrogen-bond donors (Lipinski definition) is 0. The molecule has 1 rings (SSSR count). The quantitative estimate of drug-likeness (QED) is 0.349. The van der Waals surface area contributed by atoms with E-state index in [-0.39, 0.29) is 0 Å². The molecule has 1 heterocycles. The zero-order valence-electron chi connectivity index (χ0n) is 9.66. The normalized spacial score (nSPS) is 10.4. The number of aryl methyl sites for hydroxylation is 1. The maximum absolute atomic E-state index is 5.88. The van der Waals surface area contributed by atoms with Gasteiger partial charge in [0.1, 0.15) is 5.15 Å². The molecule has 4 heteroatoms. The number of nitrogens with zero attached hydrogens (tertiary/aromatic N) is 3. The van der Waals surface area contributed by atoms with Gasteiger partial charge in [0.05, 0.1) is 23.3 Å². The van der Waals surface area contributed by atoms with Crippen LogP contribution in [-0.4, -0.2) is 29.8 Å². The highest BCUT2D eigenvalue weighted by molar-refractivity contribution is 6.30. The van der Waals surface area contributed by atoms with Crippen molar-refractivity contribution in [3.63, 3.8) is 0 Å². The van der Waals surface area contributed by atoms with Crippen LogP contribution in [0.15, 0.2) is 11.1 Å². The van der Waals surface area contributed by atoms with Gasteiger partial charge in [-0.3, -0.25) is 0 Å². The fourth-order valence-corrected chi connectivity index (χ4v) is 1.28. The van der Waals surface area contributed by atoms with Crippen LogP contribution < -0.4 is 0 Å². The molecule has 0 N–H and O–H groups in total. The molecule has 3 nitrogen and oxygen atoms in total. The smallest absolute Gasteiger partial charge is 0.145 e. The summed E-state index contributed by atoms with van der Waals surface area (Å²) in [4.78, 5) is 10.4. The van der Waals surface area contributed by atoms with Crippen LogP contribution in [-0.2, 0) is 0 Å². The lowest BCUT2D eigenvalue weighted by atomic mass is 10.2. The summed E-state index contributed by atoms with van der Waals surface area (Å²) in [6.45, 7) is 4.79. The third-order valence-electron chi connectivity index (χ3n) is 2.19. The molecule has 0 fully saturated rings. The number of pyridine rings is 1. The van der Waals surface area contributed by atoms with Crippen LogP contribution in [0.4, 0.5) is 5.69 Å². The summed E-state index contributed by atoms with van der Waals surface area (Å²) in [7, 11) is 1.95. The van der Waals surface area contributed by atoms with E-state index in [1.807, 2.05) is 25.8 Å². The first kappa shape index (κ1) is 12.5. The summed E-state index contributed by atoms with van der Waals surface area (Å²) in [6.07, 6.45) is 7.06. The summed E-state index contributed by atoms with van der Waals surface area (Å²) in [5.41, 5.74) is 2.08. The van der Waals surface area contributed by atoms with E-state index in [4.69, 9.17) is 18.0 Å². The predicted molar refractivity (Wildman–Crippen MR) is 68.4 cm³/mol. The second-order valence-corrected chi connectivity index (χ2v) is 3.75. The van der Waals surface area contributed by atoms with Crippen molar-refractivity contribution in [1.82, 2.24) is 9.88 Å². The van der Waals surface area contributed by atoms with E-state index in [0.29, 0.717) is 10.7 Å². The first-order valence-corrected chi connectivity index (χ1v) is 5.34. The molecule has 0 aliphatic carbocycles. The van der Waals surface area contributed by atoms with E-state index in [1.54, 1.807) is 12.4 Å². The van der Waals surface area contributed by atoms with Crippen molar-refractivity contribution in [1.29, 1.82) is 0 Å². The Morgan fingerprint density at radius 1 is 1.69 bits per heavy atom. The van der Waals surface area contributed by atoms with Gasteiger partial charge in [-0.1, -0.05) is 17.5 Å². The average Bonchev–Trinajstić information content (AvgIpc) is 2.27. The van der Waals surface area contributed by atoms with E-state index in [0.717, 1.165) is 17.9 Å². The molecule has 0 aliphatic heterocycles. The maximum Gasteiger partial charge on any atom is 0.145 e. The molecule has 0 aromatic carbocycles. The van der Waals surface area contributed by atoms with Crippen LogP contribution in [0.2, 0.25) is 5.15 Å². The zero-order chi connectivity index (χ0) is 12.1. The second kappa shape index (κ2) is 5.53. The largest absolute Gasteiger partial charge is 0.366 e. The Hall–Kier alpha value is -1.53. The summed E-state index contributed by atoms with van der Waals surface area (Å²) >= 11 is 5.88. The molecule has 0 spiro atoms. The van der Waals surface area contributed by atoms with Crippen molar-refractivity contribution in [2.75, 3.05) is 13.6 Å². The highest BCUT2D eigenvalue weighted by Crippen LogP contribution is 2.22. The first-order chi connectivity index (χ1) is 7.58. The number of aliphatic imine (C=N–C) groups is 1. The molecule has 0 unspecified atom stereocenters. The van der Waals surface area contributed by atoms with Gasteiger partial charge in [0, 0.05) is 13.6 Å². The van der Waals surface area contributed by atoms with Crippen molar-refractivity contribution >= 4 is 23.6 Å². The van der Waals surface area contributed by atoms with Crippen molar-refractivity contribution < 1.29 is 0 Å². The molecule has 0 atom stereocenters. The molecule has 1 aromatic heterocycles. The molecule has 16 heavy (non-hydrogen) atoms. The van der Waals surface area contributed by atoms with Crippen LogP contribution in [0, 0.1) is 19.3 Å². The number of aromatic nitrogens is 1. The molecule has 0 saturated carbocycles. The molecule has 0 amide bonds. The Labute approximate surface area is 101 Å². The lowest BCUT2D eigenvalue weighted by molar-refractivity contribution is 0.552. The molecule has 84 valence electrons. The van der Waals surface area contributed by atoms with E-state index >= 15 is 0 Å².